The molecule has 1 N–H and O–H groups in total. The van der Waals surface area contributed by atoms with Crippen molar-refractivity contribution in [2.75, 3.05) is 26.0 Å². The molecule has 23 heavy (non-hydrogen) atoms. The van der Waals surface area contributed by atoms with Gasteiger partial charge in [0.1, 0.15) is 5.82 Å². The van der Waals surface area contributed by atoms with Crippen molar-refractivity contribution in [1.82, 2.24) is 20.1 Å². The fraction of sp³-hybridized carbons (Fsp3) is 0.400. The molecule has 2 heterocycles. The van der Waals surface area contributed by atoms with Crippen LogP contribution >= 0.6 is 23.1 Å². The Morgan fingerprint density at radius 2 is 2.39 bits per heavy atom. The lowest BCUT2D eigenvalue weighted by molar-refractivity contribution is -0.116. The molecule has 0 atom stereocenters. The van der Waals surface area contributed by atoms with Gasteiger partial charge in [0.2, 0.25) is 5.91 Å². The lowest BCUT2D eigenvalue weighted by atomic mass is 10.3. The molecule has 124 valence electrons. The normalized spacial score (nSPS) is 11.2. The predicted molar refractivity (Wildman–Crippen MR) is 93.7 cm³/mol. The number of aromatic nitrogens is 3. The lowest BCUT2D eigenvalue weighted by Crippen LogP contribution is -2.24. The Balaban J connectivity index is 1.74. The van der Waals surface area contributed by atoms with Gasteiger partial charge < -0.3 is 14.6 Å². The van der Waals surface area contributed by atoms with Crippen molar-refractivity contribution in [3.8, 4) is 0 Å². The molecular formula is C15H20N4O2S2. The van der Waals surface area contributed by atoms with E-state index in [0.717, 1.165) is 21.6 Å². The first-order valence-electron chi connectivity index (χ1n) is 7.20. The number of hydrogen-bond donors (Lipinski definition) is 1. The molecule has 1 amide bonds. The average Bonchev–Trinajstić information content (AvgIpc) is 3.17. The molecule has 2 aromatic heterocycles. The van der Waals surface area contributed by atoms with Gasteiger partial charge in [-0.1, -0.05) is 17.8 Å². The van der Waals surface area contributed by atoms with Gasteiger partial charge in [0.15, 0.2) is 5.16 Å². The van der Waals surface area contributed by atoms with E-state index >= 15 is 0 Å². The van der Waals surface area contributed by atoms with Gasteiger partial charge in [-0.2, -0.15) is 0 Å². The minimum absolute atomic E-state index is 0.102. The number of amides is 1. The first kappa shape index (κ1) is 17.7. The quantitative estimate of drug-likeness (QED) is 0.425. The summed E-state index contributed by atoms with van der Waals surface area (Å²) in [4.78, 5) is 12.8. The van der Waals surface area contributed by atoms with Crippen LogP contribution in [0.25, 0.3) is 6.08 Å². The number of hydrogen-bond acceptors (Lipinski definition) is 6. The molecule has 0 unspecified atom stereocenters. The number of carbonyl (C=O) groups is 1. The zero-order valence-corrected chi connectivity index (χ0v) is 14.8. The second-order valence-corrected chi connectivity index (χ2v) is 6.73. The third-order valence-electron chi connectivity index (χ3n) is 3.03. The Morgan fingerprint density at radius 3 is 3.13 bits per heavy atom. The van der Waals surface area contributed by atoms with E-state index in [0.29, 0.717) is 19.6 Å². The summed E-state index contributed by atoms with van der Waals surface area (Å²) >= 11 is 3.20. The van der Waals surface area contributed by atoms with Gasteiger partial charge in [-0.25, -0.2) is 0 Å². The summed E-state index contributed by atoms with van der Waals surface area (Å²) in [5.41, 5.74) is 0. The van der Waals surface area contributed by atoms with Crippen molar-refractivity contribution < 1.29 is 9.53 Å². The van der Waals surface area contributed by atoms with E-state index in [1.54, 1.807) is 36.3 Å². The molecule has 0 aliphatic rings. The van der Waals surface area contributed by atoms with Crippen LogP contribution in [0.2, 0.25) is 0 Å². The summed E-state index contributed by atoms with van der Waals surface area (Å²) in [5, 5.41) is 14.0. The number of nitrogens with zero attached hydrogens (tertiary/aromatic N) is 3. The minimum Gasteiger partial charge on any atom is -0.384 e. The first-order valence-corrected chi connectivity index (χ1v) is 9.06. The SMILES string of the molecule is COCCSc1nnc(CCNC(=O)/C=C/c2cccs2)n1C. The Bertz CT molecular complexity index is 638. The highest BCUT2D eigenvalue weighted by Gasteiger charge is 2.09. The molecule has 0 spiro atoms. The topological polar surface area (TPSA) is 69.0 Å². The van der Waals surface area contributed by atoms with Crippen LogP contribution in [0.3, 0.4) is 0 Å². The highest BCUT2D eigenvalue weighted by atomic mass is 32.2. The highest BCUT2D eigenvalue weighted by Crippen LogP contribution is 2.15. The van der Waals surface area contributed by atoms with Crippen LogP contribution in [0, 0.1) is 0 Å². The third-order valence-corrected chi connectivity index (χ3v) is 4.86. The van der Waals surface area contributed by atoms with Crippen molar-refractivity contribution in [2.45, 2.75) is 11.6 Å². The zero-order chi connectivity index (χ0) is 16.5. The van der Waals surface area contributed by atoms with E-state index in [9.17, 15) is 4.79 Å². The molecule has 2 aromatic rings. The summed E-state index contributed by atoms with van der Waals surface area (Å²) < 4.78 is 6.97. The second-order valence-electron chi connectivity index (χ2n) is 4.69. The standard InChI is InChI=1S/C15H20N4O2S2/c1-19-13(17-18-15(19)23-11-9-21-2)7-8-16-14(20)6-5-12-4-3-10-22-12/h3-6,10H,7-9,11H2,1-2H3,(H,16,20)/b6-5+. The fourth-order valence-corrected chi connectivity index (χ4v) is 3.25. The molecule has 8 heteroatoms. The molecule has 0 saturated carbocycles. The number of thioether (sulfide) groups is 1. The maximum Gasteiger partial charge on any atom is 0.244 e. The van der Waals surface area contributed by atoms with Crippen LogP contribution in [-0.4, -0.2) is 46.7 Å². The molecular weight excluding hydrogens is 332 g/mol. The van der Waals surface area contributed by atoms with Gasteiger partial charge in [0, 0.05) is 43.8 Å². The Labute approximate surface area is 143 Å². The molecule has 0 bridgehead atoms. The van der Waals surface area contributed by atoms with Crippen molar-refractivity contribution in [3.05, 3.63) is 34.3 Å². The number of methoxy groups -OCH3 is 1. The summed E-state index contributed by atoms with van der Waals surface area (Å²) in [7, 11) is 3.61. The molecule has 0 saturated heterocycles. The van der Waals surface area contributed by atoms with Crippen LogP contribution in [0.15, 0.2) is 28.7 Å². The van der Waals surface area contributed by atoms with E-state index in [1.165, 1.54) is 0 Å². The van der Waals surface area contributed by atoms with Gasteiger partial charge in [0.25, 0.3) is 0 Å². The largest absolute Gasteiger partial charge is 0.384 e. The molecule has 0 aliphatic carbocycles. The van der Waals surface area contributed by atoms with Crippen molar-refractivity contribution in [1.29, 1.82) is 0 Å². The maximum absolute atomic E-state index is 11.7. The molecule has 0 radical (unpaired) electrons. The zero-order valence-electron chi connectivity index (χ0n) is 13.2. The molecule has 0 fully saturated rings. The maximum atomic E-state index is 11.7. The van der Waals surface area contributed by atoms with Crippen molar-refractivity contribution >= 4 is 35.1 Å². The van der Waals surface area contributed by atoms with Gasteiger partial charge in [0.05, 0.1) is 6.61 Å². The van der Waals surface area contributed by atoms with Crippen LogP contribution in [-0.2, 0) is 23.0 Å². The average molecular weight is 352 g/mol. The number of ether oxygens (including phenoxy) is 1. The summed E-state index contributed by atoms with van der Waals surface area (Å²) in [6.45, 7) is 1.21. The third kappa shape index (κ3) is 5.81. The van der Waals surface area contributed by atoms with E-state index in [2.05, 4.69) is 15.5 Å². The lowest BCUT2D eigenvalue weighted by Gasteiger charge is -2.04. The number of rotatable bonds is 9. The number of nitrogens with one attached hydrogen (secondary N) is 1. The summed E-state index contributed by atoms with van der Waals surface area (Å²) in [5.74, 6) is 1.59. The van der Waals surface area contributed by atoms with Gasteiger partial charge >= 0.3 is 0 Å². The van der Waals surface area contributed by atoms with E-state index in [4.69, 9.17) is 4.74 Å². The molecule has 0 aromatic carbocycles. The van der Waals surface area contributed by atoms with E-state index in [1.807, 2.05) is 35.2 Å². The molecule has 2 rings (SSSR count). The van der Waals surface area contributed by atoms with Gasteiger partial charge in [-0.05, 0) is 17.5 Å². The number of thiophene rings is 1. The summed E-state index contributed by atoms with van der Waals surface area (Å²) in [6, 6.07) is 3.93. The highest BCUT2D eigenvalue weighted by molar-refractivity contribution is 7.99. The van der Waals surface area contributed by atoms with Gasteiger partial charge in [-0.15, -0.1) is 21.5 Å². The van der Waals surface area contributed by atoms with Crippen molar-refractivity contribution in [2.24, 2.45) is 7.05 Å². The Kier molecular flexibility index (Phi) is 7.31. The molecule has 0 aliphatic heterocycles. The van der Waals surface area contributed by atoms with E-state index in [-0.39, 0.29) is 5.91 Å². The predicted octanol–water partition coefficient (Wildman–Crippen LogP) is 1.99. The summed E-state index contributed by atoms with van der Waals surface area (Å²) in [6.07, 6.45) is 4.01. The number of carbonyl (C=O) groups excluding carboxylic acids is 1. The van der Waals surface area contributed by atoms with Crippen molar-refractivity contribution in [3.63, 3.8) is 0 Å². The second kappa shape index (κ2) is 9.49. The minimum atomic E-state index is -0.102. The fourth-order valence-electron chi connectivity index (χ4n) is 1.81. The van der Waals surface area contributed by atoms with Crippen LogP contribution in [0.4, 0.5) is 0 Å². The van der Waals surface area contributed by atoms with Gasteiger partial charge in [-0.3, -0.25) is 4.79 Å². The van der Waals surface area contributed by atoms with E-state index < -0.39 is 0 Å². The van der Waals surface area contributed by atoms with Crippen LogP contribution in [0.5, 0.6) is 0 Å². The van der Waals surface area contributed by atoms with Crippen LogP contribution in [0.1, 0.15) is 10.7 Å². The smallest absolute Gasteiger partial charge is 0.244 e. The molecule has 6 nitrogen and oxygen atoms in total. The monoisotopic (exact) mass is 352 g/mol. The Hall–Kier alpha value is -1.64. The van der Waals surface area contributed by atoms with Crippen LogP contribution < -0.4 is 5.32 Å². The first-order chi connectivity index (χ1) is 11.2. The Morgan fingerprint density at radius 1 is 1.52 bits per heavy atom.